The van der Waals surface area contributed by atoms with Crippen LogP contribution in [0.3, 0.4) is 0 Å². The fraction of sp³-hybridized carbons (Fsp3) is 0.583. The summed E-state index contributed by atoms with van der Waals surface area (Å²) in [5.74, 6) is -1.05. The van der Waals surface area contributed by atoms with Gasteiger partial charge in [0, 0.05) is 19.3 Å². The molecule has 2 rings (SSSR count). The average Bonchev–Trinajstić information content (AvgIpc) is 2.61. The molecule has 2 heterocycles. The van der Waals surface area contributed by atoms with Gasteiger partial charge >= 0.3 is 12.1 Å². The monoisotopic (exact) mass is 267 g/mol. The summed E-state index contributed by atoms with van der Waals surface area (Å²) < 4.78 is 6.81. The molecule has 104 valence electrons. The molecular formula is C12H17N3O4. The van der Waals surface area contributed by atoms with Gasteiger partial charge < -0.3 is 14.7 Å². The van der Waals surface area contributed by atoms with Gasteiger partial charge in [-0.15, -0.1) is 0 Å². The maximum Gasteiger partial charge on any atom is 0.410 e. The lowest BCUT2D eigenvalue weighted by Gasteiger charge is -2.39. The molecule has 19 heavy (non-hydrogen) atoms. The van der Waals surface area contributed by atoms with Gasteiger partial charge in [-0.1, -0.05) is 0 Å². The van der Waals surface area contributed by atoms with Crippen LogP contribution in [0.5, 0.6) is 0 Å². The zero-order valence-corrected chi connectivity index (χ0v) is 11.2. The fourth-order valence-electron chi connectivity index (χ4n) is 1.75. The molecule has 1 fully saturated rings. The third-order valence-corrected chi connectivity index (χ3v) is 2.72. The minimum Gasteiger partial charge on any atom is -0.476 e. The van der Waals surface area contributed by atoms with Crippen molar-refractivity contribution in [2.24, 2.45) is 0 Å². The quantitative estimate of drug-likeness (QED) is 0.874. The smallest absolute Gasteiger partial charge is 0.410 e. The van der Waals surface area contributed by atoms with E-state index < -0.39 is 11.6 Å². The molecule has 1 aliphatic heterocycles. The largest absolute Gasteiger partial charge is 0.476 e. The van der Waals surface area contributed by atoms with E-state index in [4.69, 9.17) is 9.84 Å². The van der Waals surface area contributed by atoms with Crippen LogP contribution in [-0.2, 0) is 4.74 Å². The van der Waals surface area contributed by atoms with E-state index in [0.29, 0.717) is 13.1 Å². The molecule has 7 heteroatoms. The van der Waals surface area contributed by atoms with Crippen molar-refractivity contribution in [2.75, 3.05) is 13.1 Å². The number of aromatic nitrogens is 2. The number of rotatable bonds is 2. The second kappa shape index (κ2) is 4.56. The van der Waals surface area contributed by atoms with E-state index in [2.05, 4.69) is 5.10 Å². The minimum absolute atomic E-state index is 0.00992. The number of aromatic carboxylic acids is 1. The summed E-state index contributed by atoms with van der Waals surface area (Å²) in [6, 6.07) is 1.46. The summed E-state index contributed by atoms with van der Waals surface area (Å²) >= 11 is 0. The number of carbonyl (C=O) groups excluding carboxylic acids is 1. The Labute approximate surface area is 110 Å². The highest BCUT2D eigenvalue weighted by atomic mass is 16.6. The van der Waals surface area contributed by atoms with Crippen LogP contribution in [0.1, 0.15) is 37.3 Å². The normalized spacial score (nSPS) is 16.1. The molecule has 0 bridgehead atoms. The molecule has 7 nitrogen and oxygen atoms in total. The Balaban J connectivity index is 1.89. The maximum absolute atomic E-state index is 11.7. The number of hydrogen-bond donors (Lipinski definition) is 1. The van der Waals surface area contributed by atoms with E-state index in [9.17, 15) is 9.59 Å². The highest BCUT2D eigenvalue weighted by Gasteiger charge is 2.35. The van der Waals surface area contributed by atoms with Crippen LogP contribution < -0.4 is 0 Å². The molecule has 0 radical (unpaired) electrons. The van der Waals surface area contributed by atoms with Crippen LogP contribution in [0.2, 0.25) is 0 Å². The summed E-state index contributed by atoms with van der Waals surface area (Å²) in [5.41, 5.74) is -0.500. The van der Waals surface area contributed by atoms with Gasteiger partial charge in [0.2, 0.25) is 0 Å². The second-order valence-corrected chi connectivity index (χ2v) is 5.53. The molecule has 0 saturated carbocycles. The molecular weight excluding hydrogens is 250 g/mol. The van der Waals surface area contributed by atoms with Crippen molar-refractivity contribution >= 4 is 12.1 Å². The first-order valence-electron chi connectivity index (χ1n) is 6.02. The Morgan fingerprint density at radius 1 is 1.42 bits per heavy atom. The zero-order valence-electron chi connectivity index (χ0n) is 11.2. The van der Waals surface area contributed by atoms with Crippen molar-refractivity contribution in [3.8, 4) is 0 Å². The zero-order chi connectivity index (χ0) is 14.2. The molecule has 1 aromatic rings. The van der Waals surface area contributed by atoms with Gasteiger partial charge in [0.25, 0.3) is 0 Å². The molecule has 0 atom stereocenters. The first-order valence-corrected chi connectivity index (χ1v) is 6.02. The fourth-order valence-corrected chi connectivity index (χ4v) is 1.75. The lowest BCUT2D eigenvalue weighted by Crippen LogP contribution is -2.52. The topological polar surface area (TPSA) is 84.7 Å². The first kappa shape index (κ1) is 13.4. The molecule has 0 unspecified atom stereocenters. The van der Waals surface area contributed by atoms with Gasteiger partial charge in [0.1, 0.15) is 5.60 Å². The van der Waals surface area contributed by atoms with Gasteiger partial charge in [-0.3, -0.25) is 4.68 Å². The number of likely N-dealkylation sites (tertiary alicyclic amines) is 1. The van der Waals surface area contributed by atoms with Gasteiger partial charge in [0.15, 0.2) is 5.69 Å². The Morgan fingerprint density at radius 3 is 2.53 bits per heavy atom. The molecule has 1 amide bonds. The molecule has 0 spiro atoms. The van der Waals surface area contributed by atoms with E-state index in [1.54, 1.807) is 15.8 Å². The Kier molecular flexibility index (Phi) is 3.21. The van der Waals surface area contributed by atoms with Crippen molar-refractivity contribution in [1.82, 2.24) is 14.7 Å². The molecule has 1 saturated heterocycles. The van der Waals surface area contributed by atoms with Crippen molar-refractivity contribution in [3.63, 3.8) is 0 Å². The SMILES string of the molecule is CC(C)(C)OC(=O)N1CC(n2ccc(C(=O)O)n2)C1. The lowest BCUT2D eigenvalue weighted by atomic mass is 10.1. The number of nitrogens with zero attached hydrogens (tertiary/aromatic N) is 3. The van der Waals surface area contributed by atoms with Crippen molar-refractivity contribution in [1.29, 1.82) is 0 Å². The summed E-state index contributed by atoms with van der Waals surface area (Å²) in [4.78, 5) is 24.0. The van der Waals surface area contributed by atoms with Gasteiger partial charge in [-0.05, 0) is 26.8 Å². The van der Waals surface area contributed by atoms with E-state index in [-0.39, 0.29) is 17.8 Å². The van der Waals surface area contributed by atoms with Gasteiger partial charge in [0.05, 0.1) is 6.04 Å². The van der Waals surface area contributed by atoms with Crippen LogP contribution >= 0.6 is 0 Å². The molecule has 0 aromatic carbocycles. The number of carboxylic acids is 1. The second-order valence-electron chi connectivity index (χ2n) is 5.53. The Hall–Kier alpha value is -2.05. The maximum atomic E-state index is 11.7. The Morgan fingerprint density at radius 2 is 2.05 bits per heavy atom. The van der Waals surface area contributed by atoms with E-state index in [0.717, 1.165) is 0 Å². The van der Waals surface area contributed by atoms with Crippen molar-refractivity contribution in [3.05, 3.63) is 18.0 Å². The van der Waals surface area contributed by atoms with Crippen LogP contribution in [0.15, 0.2) is 12.3 Å². The predicted molar refractivity (Wildman–Crippen MR) is 66.0 cm³/mol. The summed E-state index contributed by atoms with van der Waals surface area (Å²) in [7, 11) is 0. The summed E-state index contributed by atoms with van der Waals surface area (Å²) in [6.45, 7) is 6.41. The predicted octanol–water partition coefficient (Wildman–Crippen LogP) is 1.37. The average molecular weight is 267 g/mol. The number of hydrogen-bond acceptors (Lipinski definition) is 4. The van der Waals surface area contributed by atoms with Crippen LogP contribution in [0, 0.1) is 0 Å². The van der Waals surface area contributed by atoms with Crippen LogP contribution in [0.25, 0.3) is 0 Å². The van der Waals surface area contributed by atoms with Gasteiger partial charge in [-0.25, -0.2) is 9.59 Å². The minimum atomic E-state index is -1.05. The highest BCUT2D eigenvalue weighted by molar-refractivity contribution is 5.85. The van der Waals surface area contributed by atoms with E-state index in [1.165, 1.54) is 6.07 Å². The third-order valence-electron chi connectivity index (χ3n) is 2.72. The number of carboxylic acid groups (broad SMARTS) is 1. The number of ether oxygens (including phenoxy) is 1. The molecule has 1 aromatic heterocycles. The molecule has 0 aliphatic carbocycles. The third kappa shape index (κ3) is 3.04. The summed E-state index contributed by atoms with van der Waals surface area (Å²) in [6.07, 6.45) is 1.26. The molecule has 1 N–H and O–H groups in total. The number of amides is 1. The van der Waals surface area contributed by atoms with Crippen molar-refractivity contribution in [2.45, 2.75) is 32.4 Å². The number of carbonyl (C=O) groups is 2. The van der Waals surface area contributed by atoms with Crippen LogP contribution in [0.4, 0.5) is 4.79 Å². The Bertz CT molecular complexity index is 497. The van der Waals surface area contributed by atoms with Crippen molar-refractivity contribution < 1.29 is 19.4 Å². The summed E-state index contributed by atoms with van der Waals surface area (Å²) in [5, 5.41) is 12.7. The standard InChI is InChI=1S/C12H17N3O4/c1-12(2,3)19-11(18)14-6-8(7-14)15-5-4-9(13-15)10(16)17/h4-5,8H,6-7H2,1-3H3,(H,16,17). The highest BCUT2D eigenvalue weighted by Crippen LogP contribution is 2.23. The van der Waals surface area contributed by atoms with Crippen LogP contribution in [-0.4, -0.2) is 50.5 Å². The van der Waals surface area contributed by atoms with Gasteiger partial charge in [-0.2, -0.15) is 5.10 Å². The van der Waals surface area contributed by atoms with E-state index in [1.807, 2.05) is 20.8 Å². The lowest BCUT2D eigenvalue weighted by molar-refractivity contribution is -0.000518. The molecule has 1 aliphatic rings. The van der Waals surface area contributed by atoms with E-state index >= 15 is 0 Å². The first-order chi connectivity index (χ1) is 8.76.